The number of carbonyl (C=O) groups excluding carboxylic acids is 3. The van der Waals surface area contributed by atoms with Gasteiger partial charge in [0.1, 0.15) is 5.78 Å². The quantitative estimate of drug-likeness (QED) is 0.118. The molecule has 0 N–H and O–H groups in total. The molecule has 4 aliphatic carbocycles. The summed E-state index contributed by atoms with van der Waals surface area (Å²) in [5.74, 6) is -0.933. The van der Waals surface area contributed by atoms with Gasteiger partial charge in [-0.05, 0) is 79.8 Å². The summed E-state index contributed by atoms with van der Waals surface area (Å²) in [6, 6.07) is 15.9. The van der Waals surface area contributed by atoms with Crippen molar-refractivity contribution >= 4 is 48.4 Å². The standard InChI is InChI=1S/C35H32O7S/c1-18(2)20-8-9-29-24(12-20)32(37)23-6-4-5-7-28(23)43(29)30-14-27(26(41-3)13-25(30)33(38)39)42-34(40)35-15-19-10-21(16-35)31(36)22(11-19)17-35/h4-9,12-14,18-19,21-22H,10-11,15-17H2,1-3H3. The summed E-state index contributed by atoms with van der Waals surface area (Å²) in [6.45, 7) is 4.11. The van der Waals surface area contributed by atoms with Gasteiger partial charge in [0.15, 0.2) is 25.8 Å². The predicted molar refractivity (Wildman–Crippen MR) is 163 cm³/mol. The van der Waals surface area contributed by atoms with Crippen LogP contribution in [0, 0.1) is 23.2 Å². The van der Waals surface area contributed by atoms with Crippen LogP contribution >= 0.6 is 10.5 Å². The van der Waals surface area contributed by atoms with E-state index in [1.54, 1.807) is 18.2 Å². The van der Waals surface area contributed by atoms with Gasteiger partial charge in [0, 0.05) is 28.4 Å². The summed E-state index contributed by atoms with van der Waals surface area (Å²) in [7, 11) is 0.382. The van der Waals surface area contributed by atoms with Crippen LogP contribution in [0.1, 0.15) is 67.8 Å². The molecule has 8 rings (SSSR count). The van der Waals surface area contributed by atoms with Gasteiger partial charge in [-0.3, -0.25) is 14.4 Å². The van der Waals surface area contributed by atoms with Crippen molar-refractivity contribution in [2.45, 2.75) is 51.9 Å². The number of carboxylic acids is 1. The first kappa shape index (κ1) is 27.8. The molecule has 7 nitrogen and oxygen atoms in total. The van der Waals surface area contributed by atoms with Crippen molar-refractivity contribution < 1.29 is 29.0 Å². The molecule has 3 unspecified atom stereocenters. The fourth-order valence-electron chi connectivity index (χ4n) is 7.91. The fraction of sp³-hybridized carbons (Fsp3) is 0.371. The van der Waals surface area contributed by atoms with E-state index in [0.717, 1.165) is 18.4 Å². The van der Waals surface area contributed by atoms with Gasteiger partial charge in [0.05, 0.1) is 34.8 Å². The van der Waals surface area contributed by atoms with Crippen molar-refractivity contribution in [2.75, 3.05) is 7.11 Å². The Labute approximate surface area is 251 Å². The van der Waals surface area contributed by atoms with Gasteiger partial charge in [0.2, 0.25) is 5.43 Å². The molecule has 8 heteroatoms. The zero-order valence-electron chi connectivity index (χ0n) is 24.3. The molecule has 0 spiro atoms. The topological polar surface area (TPSA) is 110 Å². The lowest BCUT2D eigenvalue weighted by Crippen LogP contribution is -2.55. The molecule has 0 aliphatic heterocycles. The van der Waals surface area contributed by atoms with Crippen LogP contribution in [-0.4, -0.2) is 24.8 Å². The van der Waals surface area contributed by atoms with E-state index in [9.17, 15) is 24.3 Å². The number of hydrogen-bond donors (Lipinski definition) is 0. The minimum Gasteiger partial charge on any atom is -0.545 e. The van der Waals surface area contributed by atoms with E-state index in [2.05, 4.69) is 13.8 Å². The predicted octanol–water partition coefficient (Wildman–Crippen LogP) is 5.89. The van der Waals surface area contributed by atoms with E-state index >= 15 is 0 Å². The van der Waals surface area contributed by atoms with Crippen LogP contribution in [0.3, 0.4) is 0 Å². The Morgan fingerprint density at radius 1 is 0.907 bits per heavy atom. The van der Waals surface area contributed by atoms with Gasteiger partial charge >= 0.3 is 5.97 Å². The maximum atomic E-state index is 13.9. The molecule has 0 amide bonds. The van der Waals surface area contributed by atoms with Crippen molar-refractivity contribution in [3.63, 3.8) is 0 Å². The van der Waals surface area contributed by atoms with E-state index in [1.807, 2.05) is 30.3 Å². The van der Waals surface area contributed by atoms with Crippen LogP contribution in [0.25, 0.3) is 25.1 Å². The molecule has 4 aromatic rings. The van der Waals surface area contributed by atoms with Crippen LogP contribution in [0.2, 0.25) is 0 Å². The van der Waals surface area contributed by atoms with Gasteiger partial charge in [-0.25, -0.2) is 0 Å². The molecule has 1 aromatic heterocycles. The molecule has 3 aromatic carbocycles. The third-order valence-electron chi connectivity index (χ3n) is 9.82. The monoisotopic (exact) mass is 596 g/mol. The molecule has 4 fully saturated rings. The van der Waals surface area contributed by atoms with E-state index < -0.39 is 27.8 Å². The lowest BCUT2D eigenvalue weighted by atomic mass is 9.49. The summed E-state index contributed by atoms with van der Waals surface area (Å²) in [5.41, 5.74) is 0.0783. The van der Waals surface area contributed by atoms with Gasteiger partial charge in [0.25, 0.3) is 0 Å². The second kappa shape index (κ2) is 10.0. The maximum Gasteiger partial charge on any atom is 0.317 e. The number of hydrogen-bond acceptors (Lipinski definition) is 7. The van der Waals surface area contributed by atoms with Crippen molar-refractivity contribution in [3.05, 3.63) is 75.9 Å². The smallest absolute Gasteiger partial charge is 0.317 e. The Bertz CT molecular complexity index is 1900. The summed E-state index contributed by atoms with van der Waals surface area (Å²) >= 11 is 0. The van der Waals surface area contributed by atoms with Crippen molar-refractivity contribution in [2.24, 2.45) is 23.2 Å². The first-order chi connectivity index (χ1) is 20.6. The number of carboxylic acid groups (broad SMARTS) is 1. The first-order valence-corrected chi connectivity index (χ1v) is 16.0. The number of ketones is 1. The van der Waals surface area contributed by atoms with Crippen molar-refractivity contribution in [1.29, 1.82) is 0 Å². The highest BCUT2D eigenvalue weighted by molar-refractivity contribution is 7.49. The van der Waals surface area contributed by atoms with E-state index in [0.29, 0.717) is 50.2 Å². The average Bonchev–Trinajstić information content (AvgIpc) is 2.99. The minimum atomic E-state index is -1.40. The number of esters is 1. The highest BCUT2D eigenvalue weighted by Crippen LogP contribution is 2.59. The fourth-order valence-corrected chi connectivity index (χ4v) is 10.4. The molecule has 4 saturated carbocycles. The SMILES string of the molecule is COc1cc(C(=O)[O-])c(-[s+]2c3ccccc3c(=O)c3cc(C(C)C)ccc32)cc1OC(=O)C12CC3CC(C1)C(=O)C(C3)C2. The minimum absolute atomic E-state index is 0.0941. The number of fused-ring (bicyclic) bond motifs is 2. The molecule has 0 saturated heterocycles. The number of Topliss-reactive ketones (excluding diaryl/α,β-unsaturated/α-hetero) is 1. The third-order valence-corrected chi connectivity index (χ3v) is 12.2. The number of methoxy groups -OCH3 is 1. The second-order valence-corrected chi connectivity index (χ2v) is 14.7. The molecular weight excluding hydrogens is 564 g/mol. The molecule has 4 bridgehead atoms. The van der Waals surface area contributed by atoms with E-state index in [-0.39, 0.29) is 46.0 Å². The Balaban J connectivity index is 1.42. The Kier molecular flexibility index (Phi) is 6.47. The zero-order chi connectivity index (χ0) is 30.2. The second-order valence-electron chi connectivity index (χ2n) is 12.7. The molecule has 220 valence electrons. The summed E-state index contributed by atoms with van der Waals surface area (Å²) in [6.07, 6.45) is 3.38. The number of aromatic carboxylic acids is 1. The molecular formula is C35H32O7S. The van der Waals surface area contributed by atoms with Gasteiger partial charge in [-0.1, -0.05) is 32.0 Å². The number of ether oxygens (including phenoxy) is 2. The highest BCUT2D eigenvalue weighted by Gasteiger charge is 2.59. The summed E-state index contributed by atoms with van der Waals surface area (Å²) < 4.78 is 13.1. The van der Waals surface area contributed by atoms with Crippen LogP contribution < -0.4 is 20.0 Å². The summed E-state index contributed by atoms with van der Waals surface area (Å²) in [4.78, 5) is 53.3. The van der Waals surface area contributed by atoms with E-state index in [1.165, 1.54) is 13.2 Å². The number of benzene rings is 3. The number of rotatable bonds is 6. The van der Waals surface area contributed by atoms with E-state index in [4.69, 9.17) is 9.47 Å². The Hall–Kier alpha value is -4.04. The van der Waals surface area contributed by atoms with Crippen molar-refractivity contribution in [1.82, 2.24) is 0 Å². The third kappa shape index (κ3) is 4.29. The maximum absolute atomic E-state index is 13.9. The molecule has 4 aliphatic rings. The Morgan fingerprint density at radius 2 is 1.60 bits per heavy atom. The molecule has 43 heavy (non-hydrogen) atoms. The average molecular weight is 597 g/mol. The Morgan fingerprint density at radius 3 is 2.28 bits per heavy atom. The van der Waals surface area contributed by atoms with Crippen LogP contribution in [0.15, 0.2) is 59.4 Å². The normalized spacial score (nSPS) is 24.6. The van der Waals surface area contributed by atoms with Crippen LogP contribution in [0.4, 0.5) is 0 Å². The van der Waals surface area contributed by atoms with Gasteiger partial charge < -0.3 is 19.4 Å². The molecule has 1 heterocycles. The molecule has 3 atom stereocenters. The lowest BCUT2D eigenvalue weighted by Gasteiger charge is -2.53. The highest BCUT2D eigenvalue weighted by atomic mass is 32.2. The summed E-state index contributed by atoms with van der Waals surface area (Å²) in [5, 5.41) is 13.6. The number of carbonyl (C=O) groups is 3. The van der Waals surface area contributed by atoms with Crippen LogP contribution in [0.5, 0.6) is 11.5 Å². The molecule has 0 radical (unpaired) electrons. The lowest BCUT2D eigenvalue weighted by molar-refractivity contribution is -0.254. The zero-order valence-corrected chi connectivity index (χ0v) is 25.1. The van der Waals surface area contributed by atoms with Crippen molar-refractivity contribution in [3.8, 4) is 16.4 Å². The van der Waals surface area contributed by atoms with Crippen LogP contribution in [-0.2, 0) is 9.59 Å². The largest absolute Gasteiger partial charge is 0.545 e. The van der Waals surface area contributed by atoms with Gasteiger partial charge in [-0.2, -0.15) is 0 Å². The van der Waals surface area contributed by atoms with Gasteiger partial charge in [-0.15, -0.1) is 0 Å². The first-order valence-electron chi connectivity index (χ1n) is 14.8.